The SMILES string of the molecule is CCOCOc1cc(OC)cc(/C=C\C[C@@H]2OC(C)(C)O[C@@H]2CO[Si](C)(C)C(C)(C)C)c1C(=O)OC. The second-order valence-corrected chi connectivity index (χ2v) is 15.6. The van der Waals surface area contributed by atoms with E-state index in [2.05, 4.69) is 33.9 Å². The van der Waals surface area contributed by atoms with Gasteiger partial charge < -0.3 is 32.8 Å². The molecule has 1 saturated heterocycles. The lowest BCUT2D eigenvalue weighted by Gasteiger charge is -2.37. The first kappa shape index (κ1) is 30.3. The standard InChI is InChI=1S/C27H44O8Si/c1-11-31-18-32-22-16-20(29-7)15-19(24(22)25(28)30-8)13-12-14-21-23(35-27(5,6)34-21)17-33-36(9,10)26(2,3)4/h12-13,15-16,21,23H,11,14,17-18H2,1-10H3/b13-12-/t21-,23+/m0/s1. The van der Waals surface area contributed by atoms with Crippen LogP contribution < -0.4 is 9.47 Å². The Kier molecular flexibility index (Phi) is 10.6. The van der Waals surface area contributed by atoms with Gasteiger partial charge >= 0.3 is 5.97 Å². The highest BCUT2D eigenvalue weighted by atomic mass is 28.4. The van der Waals surface area contributed by atoms with Crippen molar-refractivity contribution in [2.45, 2.75) is 84.1 Å². The van der Waals surface area contributed by atoms with E-state index in [9.17, 15) is 4.79 Å². The summed E-state index contributed by atoms with van der Waals surface area (Å²) in [7, 11) is 0.969. The molecule has 0 saturated carbocycles. The summed E-state index contributed by atoms with van der Waals surface area (Å²) in [6, 6.07) is 3.41. The summed E-state index contributed by atoms with van der Waals surface area (Å²) in [5, 5.41) is 0.107. The quantitative estimate of drug-likeness (QED) is 0.147. The smallest absolute Gasteiger partial charge is 0.342 e. The maximum absolute atomic E-state index is 12.6. The van der Waals surface area contributed by atoms with Crippen LogP contribution >= 0.6 is 0 Å². The number of benzene rings is 1. The maximum atomic E-state index is 12.6. The molecule has 1 fully saturated rings. The van der Waals surface area contributed by atoms with E-state index in [1.807, 2.05) is 32.9 Å². The van der Waals surface area contributed by atoms with E-state index in [1.165, 1.54) is 7.11 Å². The highest BCUT2D eigenvalue weighted by Gasteiger charge is 2.43. The van der Waals surface area contributed by atoms with Crippen molar-refractivity contribution >= 4 is 20.4 Å². The molecular formula is C27H44O8Si. The Balaban J connectivity index is 2.25. The molecule has 8 nitrogen and oxygen atoms in total. The fourth-order valence-corrected chi connectivity index (χ4v) is 4.58. The van der Waals surface area contributed by atoms with E-state index in [-0.39, 0.29) is 24.0 Å². The van der Waals surface area contributed by atoms with Crippen molar-refractivity contribution in [3.8, 4) is 11.5 Å². The molecule has 204 valence electrons. The third-order valence-electron chi connectivity index (χ3n) is 6.60. The lowest BCUT2D eigenvalue weighted by molar-refractivity contribution is -0.148. The van der Waals surface area contributed by atoms with E-state index in [1.54, 1.807) is 19.2 Å². The summed E-state index contributed by atoms with van der Waals surface area (Å²) >= 11 is 0. The lowest BCUT2D eigenvalue weighted by Crippen LogP contribution is -2.44. The Morgan fingerprint density at radius 2 is 1.81 bits per heavy atom. The number of carbonyl (C=O) groups is 1. The summed E-state index contributed by atoms with van der Waals surface area (Å²) < 4.78 is 40.2. The van der Waals surface area contributed by atoms with E-state index >= 15 is 0 Å². The highest BCUT2D eigenvalue weighted by molar-refractivity contribution is 6.74. The van der Waals surface area contributed by atoms with Gasteiger partial charge in [-0.15, -0.1) is 0 Å². The topological polar surface area (TPSA) is 81.7 Å². The van der Waals surface area contributed by atoms with Crippen molar-refractivity contribution in [3.05, 3.63) is 29.3 Å². The summed E-state index contributed by atoms with van der Waals surface area (Å²) in [6.45, 7) is 17.8. The van der Waals surface area contributed by atoms with Gasteiger partial charge in [-0.1, -0.05) is 32.9 Å². The molecule has 0 amide bonds. The Morgan fingerprint density at radius 1 is 1.14 bits per heavy atom. The van der Waals surface area contributed by atoms with Gasteiger partial charge in [-0.25, -0.2) is 4.79 Å². The number of esters is 1. The first-order chi connectivity index (χ1) is 16.7. The molecule has 2 atom stereocenters. The van der Waals surface area contributed by atoms with Crippen molar-refractivity contribution in [1.82, 2.24) is 0 Å². The zero-order valence-corrected chi connectivity index (χ0v) is 24.6. The van der Waals surface area contributed by atoms with Crippen molar-refractivity contribution in [3.63, 3.8) is 0 Å². The number of hydrogen-bond donors (Lipinski definition) is 0. The number of carbonyl (C=O) groups excluding carboxylic acids is 1. The van der Waals surface area contributed by atoms with E-state index < -0.39 is 20.1 Å². The van der Waals surface area contributed by atoms with Gasteiger partial charge in [0.25, 0.3) is 0 Å². The Bertz CT molecular complexity index is 904. The minimum absolute atomic E-state index is 0.00899. The monoisotopic (exact) mass is 524 g/mol. The Labute approximate surface area is 217 Å². The molecule has 0 radical (unpaired) electrons. The second kappa shape index (κ2) is 12.6. The highest BCUT2D eigenvalue weighted by Crippen LogP contribution is 2.38. The summed E-state index contributed by atoms with van der Waals surface area (Å²) in [6.07, 6.45) is 3.99. The first-order valence-electron chi connectivity index (χ1n) is 12.4. The molecule has 1 aliphatic heterocycles. The molecule has 1 aliphatic rings. The fraction of sp³-hybridized carbons (Fsp3) is 0.667. The largest absolute Gasteiger partial charge is 0.497 e. The van der Waals surface area contributed by atoms with E-state index in [0.29, 0.717) is 42.3 Å². The van der Waals surface area contributed by atoms with Crippen LogP contribution in [0.3, 0.4) is 0 Å². The Hall–Kier alpha value is -1.91. The zero-order valence-electron chi connectivity index (χ0n) is 23.6. The van der Waals surface area contributed by atoms with Gasteiger partial charge in [-0.3, -0.25) is 0 Å². The van der Waals surface area contributed by atoms with Gasteiger partial charge in [0.1, 0.15) is 23.2 Å². The third-order valence-corrected chi connectivity index (χ3v) is 11.1. The molecule has 1 heterocycles. The van der Waals surface area contributed by atoms with Gasteiger partial charge in [-0.2, -0.15) is 0 Å². The normalized spacial score (nSPS) is 20.1. The molecule has 1 aromatic carbocycles. The van der Waals surface area contributed by atoms with Crippen molar-refractivity contribution < 1.29 is 37.6 Å². The van der Waals surface area contributed by atoms with Crippen LogP contribution in [0.15, 0.2) is 18.2 Å². The predicted molar refractivity (Wildman–Crippen MR) is 142 cm³/mol. The molecule has 36 heavy (non-hydrogen) atoms. The first-order valence-corrected chi connectivity index (χ1v) is 15.3. The van der Waals surface area contributed by atoms with Gasteiger partial charge in [0.2, 0.25) is 0 Å². The summed E-state index contributed by atoms with van der Waals surface area (Å²) in [5.41, 5.74) is 0.913. The fourth-order valence-electron chi connectivity index (χ4n) is 3.57. The van der Waals surface area contributed by atoms with Crippen LogP contribution in [0.1, 0.15) is 63.9 Å². The molecule has 0 aromatic heterocycles. The number of rotatable bonds is 12. The Morgan fingerprint density at radius 3 is 2.39 bits per heavy atom. The van der Waals surface area contributed by atoms with Crippen LogP contribution in [0, 0.1) is 0 Å². The molecule has 1 aromatic rings. The minimum atomic E-state index is -1.93. The van der Waals surface area contributed by atoms with Crippen molar-refractivity contribution in [1.29, 1.82) is 0 Å². The number of ether oxygens (including phenoxy) is 6. The number of methoxy groups -OCH3 is 2. The lowest BCUT2D eigenvalue weighted by atomic mass is 10.0. The van der Waals surface area contributed by atoms with Gasteiger partial charge in [0, 0.05) is 12.7 Å². The second-order valence-electron chi connectivity index (χ2n) is 10.8. The molecule has 2 rings (SSSR count). The van der Waals surface area contributed by atoms with Crippen LogP contribution in [0.2, 0.25) is 18.1 Å². The van der Waals surface area contributed by atoms with E-state index in [4.69, 9.17) is 32.8 Å². The van der Waals surface area contributed by atoms with Gasteiger partial charge in [0.05, 0.1) is 26.9 Å². The minimum Gasteiger partial charge on any atom is -0.497 e. The molecule has 0 spiro atoms. The van der Waals surface area contributed by atoms with E-state index in [0.717, 1.165) is 0 Å². The molecule has 0 bridgehead atoms. The molecule has 9 heteroatoms. The zero-order chi connectivity index (χ0) is 27.1. The average Bonchev–Trinajstić information content (AvgIpc) is 3.09. The van der Waals surface area contributed by atoms with Crippen molar-refractivity contribution in [2.75, 3.05) is 34.2 Å². The molecule has 0 aliphatic carbocycles. The summed E-state index contributed by atoms with van der Waals surface area (Å²) in [5.74, 6) is -0.327. The molecular weight excluding hydrogens is 480 g/mol. The van der Waals surface area contributed by atoms with Crippen LogP contribution in [0.25, 0.3) is 6.08 Å². The van der Waals surface area contributed by atoms with Crippen LogP contribution in [0.5, 0.6) is 11.5 Å². The van der Waals surface area contributed by atoms with Crippen LogP contribution in [0.4, 0.5) is 0 Å². The maximum Gasteiger partial charge on any atom is 0.342 e. The predicted octanol–water partition coefficient (Wildman–Crippen LogP) is 5.80. The summed E-state index contributed by atoms with van der Waals surface area (Å²) in [4.78, 5) is 12.6. The van der Waals surface area contributed by atoms with Crippen LogP contribution in [-0.2, 0) is 23.4 Å². The average molecular weight is 525 g/mol. The molecule has 0 N–H and O–H groups in total. The van der Waals surface area contributed by atoms with Gasteiger partial charge in [-0.05, 0) is 57.0 Å². The third kappa shape index (κ3) is 8.04. The van der Waals surface area contributed by atoms with Crippen LogP contribution in [-0.4, -0.2) is 66.5 Å². The number of hydrogen-bond acceptors (Lipinski definition) is 8. The van der Waals surface area contributed by atoms with Gasteiger partial charge in [0.15, 0.2) is 20.9 Å². The molecule has 0 unspecified atom stereocenters. The van der Waals surface area contributed by atoms with Crippen molar-refractivity contribution in [2.24, 2.45) is 0 Å².